The van der Waals surface area contributed by atoms with E-state index in [0.717, 1.165) is 45.0 Å². The molecule has 0 spiro atoms. The number of piperidine rings is 1. The molecule has 3 aliphatic rings. The van der Waals surface area contributed by atoms with Crippen molar-refractivity contribution in [2.24, 2.45) is 5.92 Å². The molecule has 0 N–H and O–H groups in total. The van der Waals surface area contributed by atoms with Gasteiger partial charge in [-0.15, -0.1) is 11.8 Å². The van der Waals surface area contributed by atoms with Crippen molar-refractivity contribution in [1.29, 1.82) is 0 Å². The smallest absolute Gasteiger partial charge is 0.410 e. The van der Waals surface area contributed by atoms with Gasteiger partial charge < -0.3 is 19.4 Å². The van der Waals surface area contributed by atoms with Gasteiger partial charge in [0.1, 0.15) is 23.1 Å². The molecule has 1 amide bonds. The number of nitrogens with zero attached hydrogens (tertiary/aromatic N) is 5. The fourth-order valence-electron chi connectivity index (χ4n) is 7.08. The molecule has 3 aliphatic heterocycles. The highest BCUT2D eigenvalue weighted by atomic mass is 35.5. The number of piperazine rings is 1. The summed E-state index contributed by atoms with van der Waals surface area (Å²) in [5, 5.41) is 1.01. The lowest BCUT2D eigenvalue weighted by Crippen LogP contribution is -2.55. The standard InChI is InChI=1S/C34H42ClF2N5O3S/c1-6-39-11-9-21(10-12-39)15-23-19-46-30-28(24-8-7-22(36)16-27(24)37)26(35)17-25-29(30)42(23)32(43)38-31(25)41-14-13-40(18-20(41)2)33(44)45-34(3,4)5/h7-8,16-17,20-21,23H,6,9-15,18-19H2,1-5H3/t20?,23-/m0/s1. The molecule has 0 aliphatic carbocycles. The van der Waals surface area contributed by atoms with E-state index >= 15 is 4.39 Å². The number of aromatic nitrogens is 2. The highest BCUT2D eigenvalue weighted by Gasteiger charge is 2.36. The summed E-state index contributed by atoms with van der Waals surface area (Å²) >= 11 is 8.54. The molecule has 248 valence electrons. The summed E-state index contributed by atoms with van der Waals surface area (Å²) in [6.45, 7) is 14.1. The van der Waals surface area contributed by atoms with Crippen LogP contribution in [0.2, 0.25) is 5.02 Å². The largest absolute Gasteiger partial charge is 0.444 e. The van der Waals surface area contributed by atoms with Gasteiger partial charge in [-0.05, 0) is 90.7 Å². The van der Waals surface area contributed by atoms with Crippen LogP contribution in [-0.2, 0) is 4.74 Å². The minimum Gasteiger partial charge on any atom is -0.444 e. The van der Waals surface area contributed by atoms with Crippen LogP contribution in [0.3, 0.4) is 0 Å². The Morgan fingerprint density at radius 1 is 1.13 bits per heavy atom. The van der Waals surface area contributed by atoms with E-state index in [1.165, 1.54) is 12.1 Å². The molecule has 12 heteroatoms. The summed E-state index contributed by atoms with van der Waals surface area (Å²) in [7, 11) is 0. The van der Waals surface area contributed by atoms with E-state index in [9.17, 15) is 14.0 Å². The molecule has 1 aromatic heterocycles. The van der Waals surface area contributed by atoms with Crippen LogP contribution in [0.25, 0.3) is 22.0 Å². The van der Waals surface area contributed by atoms with Gasteiger partial charge in [0.2, 0.25) is 0 Å². The third-order valence-electron chi connectivity index (χ3n) is 9.39. The van der Waals surface area contributed by atoms with E-state index in [-0.39, 0.29) is 29.4 Å². The first-order valence-corrected chi connectivity index (χ1v) is 17.5. The van der Waals surface area contributed by atoms with Gasteiger partial charge in [-0.25, -0.2) is 18.4 Å². The van der Waals surface area contributed by atoms with Crippen LogP contribution in [0.1, 0.15) is 59.9 Å². The molecule has 0 bridgehead atoms. The number of hydrogen-bond acceptors (Lipinski definition) is 7. The first-order chi connectivity index (χ1) is 21.8. The van der Waals surface area contributed by atoms with Gasteiger partial charge in [0.05, 0.1) is 10.5 Å². The van der Waals surface area contributed by atoms with E-state index in [0.29, 0.717) is 63.5 Å². The average molecular weight is 674 g/mol. The lowest BCUT2D eigenvalue weighted by atomic mass is 9.90. The SMILES string of the molecule is CCN1CCC(C[C@H]2CSc3c(-c4ccc(F)cc4F)c(Cl)cc4c(N5CCN(C(=O)OC(C)(C)C)CC5C)nc(=O)n2c34)CC1. The number of anilines is 1. The molecule has 2 fully saturated rings. The van der Waals surface area contributed by atoms with Crippen molar-refractivity contribution in [2.45, 2.75) is 76.5 Å². The predicted molar refractivity (Wildman–Crippen MR) is 180 cm³/mol. The van der Waals surface area contributed by atoms with Crippen LogP contribution in [0.4, 0.5) is 19.4 Å². The summed E-state index contributed by atoms with van der Waals surface area (Å²) in [4.78, 5) is 38.5. The lowest BCUT2D eigenvalue weighted by Gasteiger charge is -2.41. The molecule has 2 saturated heterocycles. The normalized spacial score (nSPS) is 21.2. The number of hydrogen-bond donors (Lipinski definition) is 0. The van der Waals surface area contributed by atoms with Gasteiger partial charge in [0.25, 0.3) is 0 Å². The Balaban J connectivity index is 1.44. The van der Waals surface area contributed by atoms with Crippen LogP contribution < -0.4 is 10.6 Å². The molecule has 0 radical (unpaired) electrons. The van der Waals surface area contributed by atoms with E-state index in [4.69, 9.17) is 21.3 Å². The number of amides is 1. The second kappa shape index (κ2) is 13.0. The summed E-state index contributed by atoms with van der Waals surface area (Å²) < 4.78 is 36.6. The highest BCUT2D eigenvalue weighted by Crippen LogP contribution is 2.49. The van der Waals surface area contributed by atoms with Crippen molar-refractivity contribution in [2.75, 3.05) is 49.9 Å². The van der Waals surface area contributed by atoms with Crippen molar-refractivity contribution >= 4 is 46.2 Å². The average Bonchev–Trinajstić information content (AvgIpc) is 2.99. The first kappa shape index (κ1) is 33.0. The maximum absolute atomic E-state index is 15.3. The number of carbonyl (C=O) groups is 1. The third kappa shape index (κ3) is 6.47. The molecule has 6 rings (SSSR count). The van der Waals surface area contributed by atoms with E-state index < -0.39 is 17.2 Å². The monoisotopic (exact) mass is 673 g/mol. The zero-order valence-electron chi connectivity index (χ0n) is 27.1. The third-order valence-corrected chi connectivity index (χ3v) is 10.9. The Morgan fingerprint density at radius 2 is 1.87 bits per heavy atom. The number of rotatable bonds is 5. The number of halogens is 3. The van der Waals surface area contributed by atoms with Crippen LogP contribution >= 0.6 is 23.4 Å². The minimum atomic E-state index is -0.710. The maximum Gasteiger partial charge on any atom is 0.410 e. The van der Waals surface area contributed by atoms with Crippen molar-refractivity contribution in [1.82, 2.24) is 19.4 Å². The molecule has 4 heterocycles. The second-order valence-electron chi connectivity index (χ2n) is 13.7. The Morgan fingerprint density at radius 3 is 2.52 bits per heavy atom. The highest BCUT2D eigenvalue weighted by molar-refractivity contribution is 7.99. The fraction of sp³-hybridized carbons (Fsp3) is 0.559. The van der Waals surface area contributed by atoms with Gasteiger partial charge >= 0.3 is 11.8 Å². The van der Waals surface area contributed by atoms with Crippen molar-refractivity contribution < 1.29 is 18.3 Å². The van der Waals surface area contributed by atoms with E-state index in [1.807, 2.05) is 27.7 Å². The van der Waals surface area contributed by atoms with Crippen molar-refractivity contribution in [3.8, 4) is 11.1 Å². The van der Waals surface area contributed by atoms with Gasteiger partial charge in [-0.2, -0.15) is 4.98 Å². The molecule has 2 aromatic carbocycles. The zero-order chi connectivity index (χ0) is 32.9. The number of ether oxygens (including phenoxy) is 1. The Bertz CT molecular complexity index is 1710. The molecule has 2 atom stereocenters. The molecular formula is C34H42ClF2N5O3S. The van der Waals surface area contributed by atoms with Gasteiger partial charge in [0.15, 0.2) is 0 Å². The van der Waals surface area contributed by atoms with E-state index in [2.05, 4.69) is 16.7 Å². The number of likely N-dealkylation sites (tertiary alicyclic amines) is 1. The van der Waals surface area contributed by atoms with Gasteiger partial charge in [0, 0.05) is 64.9 Å². The molecule has 1 unspecified atom stereocenters. The molecule has 3 aromatic rings. The zero-order valence-corrected chi connectivity index (χ0v) is 28.7. The Kier molecular flexibility index (Phi) is 9.30. The van der Waals surface area contributed by atoms with E-state index in [1.54, 1.807) is 27.3 Å². The van der Waals surface area contributed by atoms with Crippen LogP contribution in [-0.4, -0.2) is 82.1 Å². The summed E-state index contributed by atoms with van der Waals surface area (Å²) in [5.74, 6) is 0.228. The summed E-state index contributed by atoms with van der Waals surface area (Å²) in [6.07, 6.45) is 2.64. The van der Waals surface area contributed by atoms with Gasteiger partial charge in [-0.3, -0.25) is 4.57 Å². The molecular weight excluding hydrogens is 632 g/mol. The summed E-state index contributed by atoms with van der Waals surface area (Å²) in [5.41, 5.74) is 0.378. The predicted octanol–water partition coefficient (Wildman–Crippen LogP) is 7.21. The Hall–Kier alpha value is -2.89. The van der Waals surface area contributed by atoms with Crippen LogP contribution in [0, 0.1) is 17.6 Å². The lowest BCUT2D eigenvalue weighted by molar-refractivity contribution is 0.0218. The van der Waals surface area contributed by atoms with Crippen molar-refractivity contribution in [3.63, 3.8) is 0 Å². The van der Waals surface area contributed by atoms with Gasteiger partial charge in [-0.1, -0.05) is 18.5 Å². The number of benzene rings is 2. The van der Waals surface area contributed by atoms with Crippen LogP contribution in [0.5, 0.6) is 0 Å². The quantitative estimate of drug-likeness (QED) is 0.284. The fourth-order valence-corrected chi connectivity index (χ4v) is 8.80. The summed E-state index contributed by atoms with van der Waals surface area (Å²) in [6, 6.07) is 5.01. The molecule has 0 saturated carbocycles. The molecule has 8 nitrogen and oxygen atoms in total. The minimum absolute atomic E-state index is 0.0826. The number of carbonyl (C=O) groups excluding carboxylic acids is 1. The van der Waals surface area contributed by atoms with Crippen molar-refractivity contribution in [3.05, 3.63) is 51.4 Å². The Labute approximate surface area is 278 Å². The second-order valence-corrected chi connectivity index (χ2v) is 15.2. The topological polar surface area (TPSA) is 70.9 Å². The van der Waals surface area contributed by atoms with Crippen LogP contribution in [0.15, 0.2) is 34.0 Å². The molecule has 46 heavy (non-hydrogen) atoms. The maximum atomic E-state index is 15.3. The first-order valence-electron chi connectivity index (χ1n) is 16.2. The number of thioether (sulfide) groups is 1.